The molecule has 152 valence electrons. The minimum Gasteiger partial charge on any atom is -0.338 e. The van der Waals surface area contributed by atoms with E-state index in [9.17, 15) is 9.59 Å². The normalized spacial score (nSPS) is 22.0. The Morgan fingerprint density at radius 1 is 1.03 bits per heavy atom. The van der Waals surface area contributed by atoms with Gasteiger partial charge in [-0.15, -0.1) is 0 Å². The average molecular weight is 393 g/mol. The van der Waals surface area contributed by atoms with Gasteiger partial charge in [0.05, 0.1) is 0 Å². The molecule has 2 aliphatic heterocycles. The Labute approximate surface area is 171 Å². The van der Waals surface area contributed by atoms with Gasteiger partial charge in [-0.05, 0) is 42.2 Å². The van der Waals surface area contributed by atoms with Crippen LogP contribution < -0.4 is 10.9 Å². The molecule has 0 spiro atoms. The maximum absolute atomic E-state index is 12.9. The van der Waals surface area contributed by atoms with Gasteiger partial charge >= 0.3 is 0 Å². The van der Waals surface area contributed by atoms with Crippen LogP contribution in [0.3, 0.4) is 0 Å². The van der Waals surface area contributed by atoms with E-state index in [1.807, 2.05) is 52.4 Å². The number of benzene rings is 1. The fourth-order valence-corrected chi connectivity index (χ4v) is 3.93. The summed E-state index contributed by atoms with van der Waals surface area (Å²) in [6, 6.07) is 11.5. The van der Waals surface area contributed by atoms with Crippen molar-refractivity contribution in [2.45, 2.75) is 31.8 Å². The zero-order valence-corrected chi connectivity index (χ0v) is 16.7. The lowest BCUT2D eigenvalue weighted by Gasteiger charge is -2.36. The largest absolute Gasteiger partial charge is 0.338 e. The highest BCUT2D eigenvalue weighted by Gasteiger charge is 2.34. The minimum absolute atomic E-state index is 0.0389. The van der Waals surface area contributed by atoms with Crippen LogP contribution >= 0.6 is 0 Å². The van der Waals surface area contributed by atoms with E-state index in [1.54, 1.807) is 6.20 Å². The molecule has 1 aromatic carbocycles. The third kappa shape index (κ3) is 4.31. The number of nitrogens with zero attached hydrogens (tertiary/aromatic N) is 3. The number of aryl methyl sites for hydroxylation is 1. The highest BCUT2D eigenvalue weighted by atomic mass is 16.2. The van der Waals surface area contributed by atoms with Crippen molar-refractivity contribution in [3.05, 3.63) is 65.5 Å². The molecule has 7 nitrogen and oxygen atoms in total. The van der Waals surface area contributed by atoms with E-state index >= 15 is 0 Å². The number of aromatic nitrogens is 1. The zero-order valence-electron chi connectivity index (χ0n) is 16.7. The molecular formula is C22H27N5O2. The van der Waals surface area contributed by atoms with Crippen LogP contribution in [0.2, 0.25) is 0 Å². The molecule has 2 N–H and O–H groups in total. The predicted molar refractivity (Wildman–Crippen MR) is 110 cm³/mol. The first-order valence-electron chi connectivity index (χ1n) is 10.2. The molecule has 0 saturated carbocycles. The molecule has 2 atom stereocenters. The average Bonchev–Trinajstić information content (AvgIpc) is 3.29. The van der Waals surface area contributed by atoms with Gasteiger partial charge in [0.2, 0.25) is 5.91 Å². The van der Waals surface area contributed by atoms with E-state index in [0.717, 1.165) is 12.0 Å². The standard InChI is InChI=1S/C22H27N5O2/c1-2-16-5-7-17(8-6-16)21(28)26-10-12-27(13-11-26)22(29)20-14-19(24-25-20)18-4-3-9-23-15-18/h3-9,15,19-20,24-25H,2,10-14H2,1H3. The second-order valence-corrected chi connectivity index (χ2v) is 7.58. The van der Waals surface area contributed by atoms with Crippen LogP contribution in [-0.4, -0.2) is 58.8 Å². The summed E-state index contributed by atoms with van der Waals surface area (Å²) in [6.45, 7) is 4.35. The number of piperazine rings is 1. The summed E-state index contributed by atoms with van der Waals surface area (Å²) >= 11 is 0. The number of hydrogen-bond acceptors (Lipinski definition) is 5. The maximum Gasteiger partial charge on any atom is 0.253 e. The minimum atomic E-state index is -0.260. The third-order valence-corrected chi connectivity index (χ3v) is 5.78. The summed E-state index contributed by atoms with van der Waals surface area (Å²) in [5.41, 5.74) is 9.32. The molecule has 2 aromatic rings. The molecule has 0 bridgehead atoms. The number of carbonyl (C=O) groups excluding carboxylic acids is 2. The van der Waals surface area contributed by atoms with Gasteiger partial charge in [0.1, 0.15) is 6.04 Å². The first-order valence-corrected chi connectivity index (χ1v) is 10.2. The Hall–Kier alpha value is -2.77. The SMILES string of the molecule is CCc1ccc(C(=O)N2CCN(C(=O)C3CC(c4cccnc4)NN3)CC2)cc1. The molecule has 0 radical (unpaired) electrons. The van der Waals surface area contributed by atoms with Crippen molar-refractivity contribution in [1.82, 2.24) is 25.6 Å². The third-order valence-electron chi connectivity index (χ3n) is 5.78. The van der Waals surface area contributed by atoms with Crippen LogP contribution in [0.5, 0.6) is 0 Å². The van der Waals surface area contributed by atoms with Crippen molar-refractivity contribution >= 4 is 11.8 Å². The Morgan fingerprint density at radius 2 is 1.76 bits per heavy atom. The van der Waals surface area contributed by atoms with E-state index in [0.29, 0.717) is 38.2 Å². The smallest absolute Gasteiger partial charge is 0.253 e. The van der Waals surface area contributed by atoms with Crippen LogP contribution in [0.1, 0.15) is 40.9 Å². The molecule has 2 fully saturated rings. The van der Waals surface area contributed by atoms with Gasteiger partial charge in [0, 0.05) is 50.2 Å². The van der Waals surface area contributed by atoms with Crippen LogP contribution in [0, 0.1) is 0 Å². The monoisotopic (exact) mass is 393 g/mol. The van der Waals surface area contributed by atoms with Crippen LogP contribution in [0.15, 0.2) is 48.8 Å². The molecule has 29 heavy (non-hydrogen) atoms. The van der Waals surface area contributed by atoms with Gasteiger partial charge < -0.3 is 9.80 Å². The number of amides is 2. The second kappa shape index (κ2) is 8.71. The molecular weight excluding hydrogens is 366 g/mol. The molecule has 2 saturated heterocycles. The number of pyridine rings is 1. The van der Waals surface area contributed by atoms with E-state index < -0.39 is 0 Å². The summed E-state index contributed by atoms with van der Waals surface area (Å²) < 4.78 is 0. The quantitative estimate of drug-likeness (QED) is 0.824. The van der Waals surface area contributed by atoms with Gasteiger partial charge in [-0.3, -0.25) is 14.6 Å². The van der Waals surface area contributed by atoms with Crippen LogP contribution in [0.4, 0.5) is 0 Å². The van der Waals surface area contributed by atoms with Gasteiger partial charge in [-0.1, -0.05) is 25.1 Å². The van der Waals surface area contributed by atoms with Crippen molar-refractivity contribution in [3.8, 4) is 0 Å². The molecule has 1 aromatic heterocycles. The highest BCUT2D eigenvalue weighted by Crippen LogP contribution is 2.22. The molecule has 2 unspecified atom stereocenters. The Morgan fingerprint density at radius 3 is 2.41 bits per heavy atom. The maximum atomic E-state index is 12.9. The molecule has 3 heterocycles. The lowest BCUT2D eigenvalue weighted by Crippen LogP contribution is -2.54. The lowest BCUT2D eigenvalue weighted by atomic mass is 10.0. The number of hydrogen-bond donors (Lipinski definition) is 2. The Kier molecular flexibility index (Phi) is 5.87. The zero-order chi connectivity index (χ0) is 20.2. The first kappa shape index (κ1) is 19.5. The Balaban J connectivity index is 1.30. The predicted octanol–water partition coefficient (Wildman–Crippen LogP) is 1.54. The summed E-state index contributed by atoms with van der Waals surface area (Å²) in [5.74, 6) is 0.125. The second-order valence-electron chi connectivity index (χ2n) is 7.58. The topological polar surface area (TPSA) is 77.6 Å². The van der Waals surface area contributed by atoms with Crippen molar-refractivity contribution < 1.29 is 9.59 Å². The van der Waals surface area contributed by atoms with Gasteiger partial charge in [0.15, 0.2) is 0 Å². The molecule has 0 aliphatic carbocycles. The van der Waals surface area contributed by atoms with E-state index in [1.165, 1.54) is 5.56 Å². The molecule has 4 rings (SSSR count). The van der Waals surface area contributed by atoms with Crippen molar-refractivity contribution in [2.24, 2.45) is 0 Å². The van der Waals surface area contributed by atoms with Gasteiger partial charge in [0.25, 0.3) is 5.91 Å². The van der Waals surface area contributed by atoms with Crippen molar-refractivity contribution in [3.63, 3.8) is 0 Å². The fraction of sp³-hybridized carbons (Fsp3) is 0.409. The van der Waals surface area contributed by atoms with Crippen LogP contribution in [0.25, 0.3) is 0 Å². The first-order chi connectivity index (χ1) is 14.2. The lowest BCUT2D eigenvalue weighted by molar-refractivity contribution is -0.134. The number of rotatable bonds is 4. The fourth-order valence-electron chi connectivity index (χ4n) is 3.93. The molecule has 2 amide bonds. The van der Waals surface area contributed by atoms with Gasteiger partial charge in [-0.25, -0.2) is 10.9 Å². The van der Waals surface area contributed by atoms with E-state index in [-0.39, 0.29) is 23.9 Å². The molecule has 7 heteroatoms. The summed E-state index contributed by atoms with van der Waals surface area (Å²) in [7, 11) is 0. The summed E-state index contributed by atoms with van der Waals surface area (Å²) in [6.07, 6.45) is 5.21. The number of hydrazine groups is 1. The van der Waals surface area contributed by atoms with Crippen LogP contribution in [-0.2, 0) is 11.2 Å². The van der Waals surface area contributed by atoms with E-state index in [4.69, 9.17) is 0 Å². The summed E-state index contributed by atoms with van der Waals surface area (Å²) in [5, 5.41) is 0. The van der Waals surface area contributed by atoms with Crippen molar-refractivity contribution in [1.29, 1.82) is 0 Å². The van der Waals surface area contributed by atoms with Gasteiger partial charge in [-0.2, -0.15) is 0 Å². The van der Waals surface area contributed by atoms with E-state index in [2.05, 4.69) is 22.8 Å². The number of nitrogens with one attached hydrogen (secondary N) is 2. The molecule has 2 aliphatic rings. The summed E-state index contributed by atoms with van der Waals surface area (Å²) in [4.78, 5) is 33.5. The Bertz CT molecular complexity index is 847. The highest BCUT2D eigenvalue weighted by molar-refractivity contribution is 5.94. The number of carbonyl (C=O) groups is 2. The van der Waals surface area contributed by atoms with Crippen molar-refractivity contribution in [2.75, 3.05) is 26.2 Å².